The molecule has 1 atom stereocenters. The van der Waals surface area contributed by atoms with Gasteiger partial charge < -0.3 is 19.7 Å². The number of amides is 2. The lowest BCUT2D eigenvalue weighted by Crippen LogP contribution is -2.53. The van der Waals surface area contributed by atoms with Crippen LogP contribution < -0.4 is 19.1 Å². The van der Waals surface area contributed by atoms with Crippen molar-refractivity contribution in [1.29, 1.82) is 0 Å². The number of rotatable bonds is 15. The summed E-state index contributed by atoms with van der Waals surface area (Å²) in [6.07, 6.45) is 0.789. The Labute approximate surface area is 282 Å². The number of hydrogen-bond donors (Lipinski definition) is 1. The van der Waals surface area contributed by atoms with Gasteiger partial charge in [0.15, 0.2) is 11.5 Å². The van der Waals surface area contributed by atoms with Gasteiger partial charge in [0, 0.05) is 31.1 Å². The first-order valence-electron chi connectivity index (χ1n) is 15.7. The molecule has 254 valence electrons. The summed E-state index contributed by atoms with van der Waals surface area (Å²) < 4.78 is 55.7. The van der Waals surface area contributed by atoms with Gasteiger partial charge in [-0.2, -0.15) is 0 Å². The molecule has 0 aliphatic rings. The van der Waals surface area contributed by atoms with Crippen LogP contribution in [0.4, 0.5) is 10.1 Å². The molecular formula is C37H42FN3O6S. The number of anilines is 1. The lowest BCUT2D eigenvalue weighted by Gasteiger charge is -2.34. The van der Waals surface area contributed by atoms with Crippen molar-refractivity contribution in [1.82, 2.24) is 10.2 Å². The molecule has 0 radical (unpaired) electrons. The molecule has 0 heterocycles. The van der Waals surface area contributed by atoms with Crippen LogP contribution in [0.5, 0.6) is 11.5 Å². The molecule has 0 aromatic heterocycles. The van der Waals surface area contributed by atoms with Crippen molar-refractivity contribution in [2.75, 3.05) is 31.6 Å². The van der Waals surface area contributed by atoms with E-state index in [4.69, 9.17) is 9.47 Å². The second kappa shape index (κ2) is 16.3. The van der Waals surface area contributed by atoms with E-state index >= 15 is 4.39 Å². The Hall–Kier alpha value is -4.90. The summed E-state index contributed by atoms with van der Waals surface area (Å²) in [6, 6.07) is 23.6. The van der Waals surface area contributed by atoms with Crippen molar-refractivity contribution in [2.45, 2.75) is 51.1 Å². The maximum atomic E-state index is 15.1. The summed E-state index contributed by atoms with van der Waals surface area (Å²) in [4.78, 5) is 29.5. The number of sulfonamides is 1. The number of methoxy groups -OCH3 is 2. The number of carbonyl (C=O) groups excluding carboxylic acids is 2. The number of benzene rings is 4. The van der Waals surface area contributed by atoms with Crippen molar-refractivity contribution in [3.05, 3.63) is 119 Å². The van der Waals surface area contributed by atoms with Crippen LogP contribution in [0.15, 0.2) is 95.9 Å². The lowest BCUT2D eigenvalue weighted by atomic mass is 10.0. The smallest absolute Gasteiger partial charge is 0.264 e. The summed E-state index contributed by atoms with van der Waals surface area (Å²) in [5, 5.41) is 2.88. The molecule has 11 heteroatoms. The number of halogens is 1. The average Bonchev–Trinajstić information content (AvgIpc) is 3.07. The van der Waals surface area contributed by atoms with Gasteiger partial charge in [-0.15, -0.1) is 0 Å². The van der Waals surface area contributed by atoms with Gasteiger partial charge in [-0.25, -0.2) is 12.8 Å². The van der Waals surface area contributed by atoms with Gasteiger partial charge in [0.2, 0.25) is 11.8 Å². The van der Waals surface area contributed by atoms with E-state index in [0.717, 1.165) is 21.0 Å². The third kappa shape index (κ3) is 8.71. The first kappa shape index (κ1) is 35.9. The minimum Gasteiger partial charge on any atom is -0.493 e. The molecule has 48 heavy (non-hydrogen) atoms. The van der Waals surface area contributed by atoms with Gasteiger partial charge in [0.05, 0.1) is 24.8 Å². The van der Waals surface area contributed by atoms with Gasteiger partial charge in [-0.05, 0) is 67.3 Å². The zero-order valence-electron chi connectivity index (χ0n) is 27.9. The van der Waals surface area contributed by atoms with Crippen LogP contribution in [0.3, 0.4) is 0 Å². The molecule has 0 fully saturated rings. The molecular weight excluding hydrogens is 633 g/mol. The quantitative estimate of drug-likeness (QED) is 0.170. The fourth-order valence-corrected chi connectivity index (χ4v) is 6.87. The third-order valence-electron chi connectivity index (χ3n) is 7.84. The molecule has 0 unspecified atom stereocenters. The van der Waals surface area contributed by atoms with Crippen molar-refractivity contribution in [3.63, 3.8) is 0 Å². The standard InChI is InChI=1S/C37H42FN3O6S/c1-6-18-39-37(43)33(22-28-12-8-7-9-13-28)40(24-29-14-10-11-15-32(29)38)36(42)25-41(30-20-26(2)19-27(3)21-30)48(44,45)31-16-17-34(46-4)35(23-31)47-5/h7-17,19-21,23,33H,6,18,22,24-25H2,1-5H3,(H,39,43)/t33-/m1/s1. The highest BCUT2D eigenvalue weighted by Crippen LogP contribution is 2.33. The Bertz CT molecular complexity index is 1810. The van der Waals surface area contributed by atoms with E-state index in [2.05, 4.69) is 5.32 Å². The van der Waals surface area contributed by atoms with Crippen molar-refractivity contribution in [2.24, 2.45) is 0 Å². The van der Waals surface area contributed by atoms with E-state index in [1.807, 2.05) is 57.2 Å². The predicted molar refractivity (Wildman–Crippen MR) is 184 cm³/mol. The SMILES string of the molecule is CCCNC(=O)[C@@H](Cc1ccccc1)N(Cc1ccccc1F)C(=O)CN(c1cc(C)cc(C)c1)S(=O)(=O)c1ccc(OC)c(OC)c1. The first-order valence-corrected chi connectivity index (χ1v) is 17.1. The van der Waals surface area contributed by atoms with Crippen molar-refractivity contribution < 1.29 is 31.9 Å². The van der Waals surface area contributed by atoms with E-state index in [1.54, 1.807) is 24.3 Å². The minimum absolute atomic E-state index is 0.128. The van der Waals surface area contributed by atoms with Crippen LogP contribution in [0.25, 0.3) is 0 Å². The first-order chi connectivity index (χ1) is 23.0. The Morgan fingerprint density at radius 3 is 2.12 bits per heavy atom. The number of nitrogens with zero attached hydrogens (tertiary/aromatic N) is 2. The number of nitrogens with one attached hydrogen (secondary N) is 1. The van der Waals surface area contributed by atoms with Crippen LogP contribution in [-0.2, 0) is 32.6 Å². The zero-order valence-corrected chi connectivity index (χ0v) is 28.7. The van der Waals surface area contributed by atoms with E-state index in [0.29, 0.717) is 18.7 Å². The molecule has 0 spiro atoms. The highest BCUT2D eigenvalue weighted by Gasteiger charge is 2.35. The summed E-state index contributed by atoms with van der Waals surface area (Å²) >= 11 is 0. The lowest BCUT2D eigenvalue weighted by molar-refractivity contribution is -0.140. The van der Waals surface area contributed by atoms with Gasteiger partial charge in [-0.1, -0.05) is 61.5 Å². The molecule has 1 N–H and O–H groups in total. The highest BCUT2D eigenvalue weighted by molar-refractivity contribution is 7.92. The van der Waals surface area contributed by atoms with Gasteiger partial charge in [-0.3, -0.25) is 13.9 Å². The van der Waals surface area contributed by atoms with Crippen LogP contribution in [0, 0.1) is 19.7 Å². The van der Waals surface area contributed by atoms with Gasteiger partial charge in [0.25, 0.3) is 10.0 Å². The summed E-state index contributed by atoms with van der Waals surface area (Å²) in [7, 11) is -1.56. The maximum absolute atomic E-state index is 15.1. The third-order valence-corrected chi connectivity index (χ3v) is 9.61. The molecule has 0 aliphatic carbocycles. The molecule has 0 aliphatic heterocycles. The second-order valence-electron chi connectivity index (χ2n) is 11.5. The van der Waals surface area contributed by atoms with E-state index in [1.165, 1.54) is 49.5 Å². The molecule has 4 aromatic carbocycles. The van der Waals surface area contributed by atoms with Crippen LogP contribution in [0.2, 0.25) is 0 Å². The van der Waals surface area contributed by atoms with Gasteiger partial charge in [0.1, 0.15) is 18.4 Å². The number of aryl methyl sites for hydroxylation is 2. The predicted octanol–water partition coefficient (Wildman–Crippen LogP) is 5.82. The van der Waals surface area contributed by atoms with Crippen LogP contribution in [-0.4, -0.2) is 58.5 Å². The monoisotopic (exact) mass is 675 g/mol. The Morgan fingerprint density at radius 1 is 0.854 bits per heavy atom. The topological polar surface area (TPSA) is 105 Å². The van der Waals surface area contributed by atoms with E-state index in [9.17, 15) is 18.0 Å². The molecule has 4 rings (SSSR count). The number of hydrogen-bond acceptors (Lipinski definition) is 6. The number of ether oxygens (including phenoxy) is 2. The molecule has 0 saturated heterocycles. The molecule has 9 nitrogen and oxygen atoms in total. The highest BCUT2D eigenvalue weighted by atomic mass is 32.2. The summed E-state index contributed by atoms with van der Waals surface area (Å²) in [6.45, 7) is 5.01. The zero-order chi connectivity index (χ0) is 34.8. The summed E-state index contributed by atoms with van der Waals surface area (Å²) in [5.41, 5.74) is 2.80. The largest absolute Gasteiger partial charge is 0.493 e. The van der Waals surface area contributed by atoms with Gasteiger partial charge >= 0.3 is 0 Å². The Morgan fingerprint density at radius 2 is 1.50 bits per heavy atom. The van der Waals surface area contributed by atoms with E-state index < -0.39 is 40.2 Å². The van der Waals surface area contributed by atoms with Crippen LogP contribution in [0.1, 0.15) is 35.6 Å². The Kier molecular flexibility index (Phi) is 12.2. The second-order valence-corrected chi connectivity index (χ2v) is 13.3. The summed E-state index contributed by atoms with van der Waals surface area (Å²) in [5.74, 6) is -1.13. The molecule has 4 aromatic rings. The fraction of sp³-hybridized carbons (Fsp3) is 0.297. The molecule has 2 amide bonds. The number of carbonyl (C=O) groups is 2. The van der Waals surface area contributed by atoms with Crippen molar-refractivity contribution in [3.8, 4) is 11.5 Å². The average molecular weight is 676 g/mol. The minimum atomic E-state index is -4.40. The molecule has 0 bridgehead atoms. The van der Waals surface area contributed by atoms with Crippen molar-refractivity contribution >= 4 is 27.5 Å². The normalized spacial score (nSPS) is 11.8. The van der Waals surface area contributed by atoms with E-state index in [-0.39, 0.29) is 34.9 Å². The molecule has 0 saturated carbocycles. The maximum Gasteiger partial charge on any atom is 0.264 e. The van der Waals surface area contributed by atoms with Crippen LogP contribution >= 0.6 is 0 Å². The fourth-order valence-electron chi connectivity index (χ4n) is 5.46. The Balaban J connectivity index is 1.85.